The Hall–Kier alpha value is -6.49. The molecule has 10 rings (SSSR count). The quantitative estimate of drug-likeness (QED) is 0.183. The lowest BCUT2D eigenvalue weighted by molar-refractivity contribution is 1.19. The van der Waals surface area contributed by atoms with Crippen LogP contribution in [0.15, 0.2) is 176 Å². The smallest absolute Gasteiger partial charge is 0.161 e. The Morgan fingerprint density at radius 3 is 1.57 bits per heavy atom. The molecular weight excluding hydrogens is 639 g/mol. The summed E-state index contributed by atoms with van der Waals surface area (Å²) in [6.45, 7) is 0. The molecule has 3 nitrogen and oxygen atoms in total. The van der Waals surface area contributed by atoms with Crippen molar-refractivity contribution in [3.05, 3.63) is 176 Å². The summed E-state index contributed by atoms with van der Waals surface area (Å²) in [6, 6.07) is 62.2. The highest BCUT2D eigenvalue weighted by atomic mass is 32.1. The SMILES string of the molecule is c1ccc(-c2nc3cc(-c4ccc(-c5nc(-c6ccc7ccccc7c6)cc(-c6ccc7ccccc7c6)n5)c5ccccc45)ccc3s2)cc1. The lowest BCUT2D eigenvalue weighted by atomic mass is 9.94. The molecule has 10 aromatic rings. The van der Waals surface area contributed by atoms with Gasteiger partial charge in [0.1, 0.15) is 5.01 Å². The van der Waals surface area contributed by atoms with Crippen molar-refractivity contribution >= 4 is 53.9 Å². The van der Waals surface area contributed by atoms with E-state index in [2.05, 4.69) is 170 Å². The Morgan fingerprint density at radius 2 is 0.902 bits per heavy atom. The lowest BCUT2D eigenvalue weighted by Crippen LogP contribution is -1.97. The van der Waals surface area contributed by atoms with Gasteiger partial charge in [0.15, 0.2) is 5.82 Å². The van der Waals surface area contributed by atoms with E-state index in [1.54, 1.807) is 11.3 Å². The molecule has 0 aliphatic rings. The van der Waals surface area contributed by atoms with Crippen molar-refractivity contribution in [1.82, 2.24) is 15.0 Å². The standard InChI is InChI=1S/C47H29N3S/c1-2-12-32(13-3-1)47-50-44-28-35(22-25-45(44)51-47)38-23-24-41(40-17-9-8-16-39(38)40)46-48-42(36-20-18-30-10-4-6-14-33(30)26-36)29-43(49-46)37-21-19-31-11-5-7-15-34(31)27-37/h1-29H. The van der Waals surface area contributed by atoms with E-state index in [0.29, 0.717) is 5.82 Å². The van der Waals surface area contributed by atoms with Crippen molar-refractivity contribution in [3.8, 4) is 55.6 Å². The molecule has 8 aromatic carbocycles. The molecule has 2 heterocycles. The summed E-state index contributed by atoms with van der Waals surface area (Å²) in [5, 5.41) is 8.08. The minimum absolute atomic E-state index is 0.703. The van der Waals surface area contributed by atoms with Gasteiger partial charge in [-0.25, -0.2) is 15.0 Å². The molecule has 0 bridgehead atoms. The van der Waals surface area contributed by atoms with E-state index in [0.717, 1.165) is 66.1 Å². The Bertz CT molecular complexity index is 2830. The molecule has 0 fully saturated rings. The van der Waals surface area contributed by atoms with Gasteiger partial charge in [-0.2, -0.15) is 0 Å². The first-order chi connectivity index (χ1) is 25.2. The van der Waals surface area contributed by atoms with Crippen LogP contribution in [-0.4, -0.2) is 15.0 Å². The van der Waals surface area contributed by atoms with Crippen LogP contribution in [0.5, 0.6) is 0 Å². The van der Waals surface area contributed by atoms with Crippen LogP contribution in [0.1, 0.15) is 0 Å². The first kappa shape index (κ1) is 29.4. The fourth-order valence-electron chi connectivity index (χ4n) is 7.11. The van der Waals surface area contributed by atoms with Gasteiger partial charge in [-0.05, 0) is 79.8 Å². The molecular formula is C47H29N3S. The van der Waals surface area contributed by atoms with Crippen LogP contribution >= 0.6 is 11.3 Å². The zero-order valence-electron chi connectivity index (χ0n) is 27.5. The molecule has 2 aromatic heterocycles. The Balaban J connectivity index is 1.14. The van der Waals surface area contributed by atoms with Gasteiger partial charge in [-0.15, -0.1) is 11.3 Å². The first-order valence-electron chi connectivity index (χ1n) is 17.1. The second-order valence-electron chi connectivity index (χ2n) is 12.9. The second kappa shape index (κ2) is 12.1. The molecule has 51 heavy (non-hydrogen) atoms. The number of nitrogens with zero attached hydrogens (tertiary/aromatic N) is 3. The molecule has 0 atom stereocenters. The molecule has 0 radical (unpaired) electrons. The summed E-state index contributed by atoms with van der Waals surface area (Å²) in [5.74, 6) is 0.703. The van der Waals surface area contributed by atoms with E-state index in [1.165, 1.54) is 26.2 Å². The van der Waals surface area contributed by atoms with Gasteiger partial charge < -0.3 is 0 Å². The van der Waals surface area contributed by atoms with E-state index < -0.39 is 0 Å². The van der Waals surface area contributed by atoms with Crippen LogP contribution in [0.2, 0.25) is 0 Å². The Morgan fingerprint density at radius 1 is 0.353 bits per heavy atom. The predicted molar refractivity (Wildman–Crippen MR) is 215 cm³/mol. The van der Waals surface area contributed by atoms with Crippen LogP contribution < -0.4 is 0 Å². The number of thiazole rings is 1. The van der Waals surface area contributed by atoms with Crippen LogP contribution in [0.25, 0.3) is 98.1 Å². The highest BCUT2D eigenvalue weighted by Crippen LogP contribution is 2.39. The van der Waals surface area contributed by atoms with E-state index >= 15 is 0 Å². The maximum absolute atomic E-state index is 5.27. The zero-order chi connectivity index (χ0) is 33.7. The van der Waals surface area contributed by atoms with Gasteiger partial charge in [0.05, 0.1) is 21.6 Å². The second-order valence-corrected chi connectivity index (χ2v) is 13.9. The largest absolute Gasteiger partial charge is 0.236 e. The van der Waals surface area contributed by atoms with E-state index in [1.807, 2.05) is 6.07 Å². The number of benzene rings is 8. The molecule has 238 valence electrons. The fraction of sp³-hybridized carbons (Fsp3) is 0. The van der Waals surface area contributed by atoms with Crippen LogP contribution in [-0.2, 0) is 0 Å². The number of rotatable bonds is 5. The van der Waals surface area contributed by atoms with Crippen molar-refractivity contribution in [2.24, 2.45) is 0 Å². The molecule has 0 spiro atoms. The van der Waals surface area contributed by atoms with Crippen LogP contribution in [0, 0.1) is 0 Å². The monoisotopic (exact) mass is 667 g/mol. The molecule has 0 amide bonds. The summed E-state index contributed by atoms with van der Waals surface area (Å²) in [7, 11) is 0. The number of aromatic nitrogens is 3. The fourth-order valence-corrected chi connectivity index (χ4v) is 8.06. The van der Waals surface area contributed by atoms with Gasteiger partial charge in [0.2, 0.25) is 0 Å². The molecule has 0 N–H and O–H groups in total. The summed E-state index contributed by atoms with van der Waals surface area (Å²) >= 11 is 1.73. The number of fused-ring (bicyclic) bond motifs is 4. The van der Waals surface area contributed by atoms with E-state index in [9.17, 15) is 0 Å². The summed E-state index contributed by atoms with van der Waals surface area (Å²) in [4.78, 5) is 15.6. The van der Waals surface area contributed by atoms with Gasteiger partial charge in [-0.1, -0.05) is 140 Å². The minimum Gasteiger partial charge on any atom is -0.236 e. The van der Waals surface area contributed by atoms with E-state index in [-0.39, 0.29) is 0 Å². The highest BCUT2D eigenvalue weighted by molar-refractivity contribution is 7.21. The number of hydrogen-bond donors (Lipinski definition) is 0. The minimum atomic E-state index is 0.703. The third kappa shape index (κ3) is 5.34. The van der Waals surface area contributed by atoms with Crippen LogP contribution in [0.3, 0.4) is 0 Å². The van der Waals surface area contributed by atoms with Gasteiger partial charge in [0.25, 0.3) is 0 Å². The lowest BCUT2D eigenvalue weighted by Gasteiger charge is -2.14. The molecule has 4 heteroatoms. The van der Waals surface area contributed by atoms with Gasteiger partial charge in [-0.3, -0.25) is 0 Å². The Labute approximate surface area is 299 Å². The summed E-state index contributed by atoms with van der Waals surface area (Å²) in [5.41, 5.74) is 9.36. The summed E-state index contributed by atoms with van der Waals surface area (Å²) < 4.78 is 1.18. The zero-order valence-corrected chi connectivity index (χ0v) is 28.3. The maximum atomic E-state index is 5.27. The number of hydrogen-bond acceptors (Lipinski definition) is 4. The van der Waals surface area contributed by atoms with Gasteiger partial charge in [0, 0.05) is 22.3 Å². The molecule has 0 aliphatic carbocycles. The maximum Gasteiger partial charge on any atom is 0.161 e. The Kier molecular flexibility index (Phi) is 7.00. The van der Waals surface area contributed by atoms with Crippen molar-refractivity contribution < 1.29 is 0 Å². The normalized spacial score (nSPS) is 11.5. The van der Waals surface area contributed by atoms with E-state index in [4.69, 9.17) is 15.0 Å². The average molecular weight is 668 g/mol. The van der Waals surface area contributed by atoms with Crippen molar-refractivity contribution in [2.75, 3.05) is 0 Å². The van der Waals surface area contributed by atoms with Crippen molar-refractivity contribution in [2.45, 2.75) is 0 Å². The highest BCUT2D eigenvalue weighted by Gasteiger charge is 2.16. The topological polar surface area (TPSA) is 38.7 Å². The molecule has 0 saturated carbocycles. The molecule has 0 unspecified atom stereocenters. The van der Waals surface area contributed by atoms with Crippen molar-refractivity contribution in [1.29, 1.82) is 0 Å². The predicted octanol–water partition coefficient (Wildman–Crippen LogP) is 12.9. The molecule has 0 aliphatic heterocycles. The third-order valence-electron chi connectivity index (χ3n) is 9.70. The van der Waals surface area contributed by atoms with Crippen molar-refractivity contribution in [3.63, 3.8) is 0 Å². The third-order valence-corrected chi connectivity index (χ3v) is 10.8. The van der Waals surface area contributed by atoms with Gasteiger partial charge >= 0.3 is 0 Å². The van der Waals surface area contributed by atoms with Crippen LogP contribution in [0.4, 0.5) is 0 Å². The first-order valence-corrected chi connectivity index (χ1v) is 17.9. The molecule has 0 saturated heterocycles. The summed E-state index contributed by atoms with van der Waals surface area (Å²) in [6.07, 6.45) is 0. The average Bonchev–Trinajstić information content (AvgIpc) is 3.64.